The van der Waals surface area contributed by atoms with Crippen molar-refractivity contribution in [3.8, 4) is 5.75 Å². The van der Waals surface area contributed by atoms with Crippen LogP contribution in [0.25, 0.3) is 0 Å². The minimum absolute atomic E-state index is 0.0435. The zero-order chi connectivity index (χ0) is 12.7. The lowest BCUT2D eigenvalue weighted by atomic mass is 10.2. The number of ether oxygens (including phenoxy) is 2. The van der Waals surface area contributed by atoms with Crippen LogP contribution in [0.5, 0.6) is 5.75 Å². The summed E-state index contributed by atoms with van der Waals surface area (Å²) in [5.74, 6) is -0.372. The number of alkyl carbamates (subject to hydrolysis) is 1. The maximum Gasteiger partial charge on any atom is 0.407 e. The van der Waals surface area contributed by atoms with Crippen LogP contribution in [0.1, 0.15) is 5.56 Å². The van der Waals surface area contributed by atoms with E-state index in [1.165, 1.54) is 19.2 Å². The molecule has 1 rings (SSSR count). The Balaban J connectivity index is 2.47. The van der Waals surface area contributed by atoms with Gasteiger partial charge in [0.1, 0.15) is 6.61 Å². The first-order valence-electron chi connectivity index (χ1n) is 5.01. The van der Waals surface area contributed by atoms with E-state index in [1.54, 1.807) is 6.07 Å². The Morgan fingerprint density at radius 1 is 1.53 bits per heavy atom. The Morgan fingerprint density at radius 3 is 2.88 bits per heavy atom. The van der Waals surface area contributed by atoms with Crippen molar-refractivity contribution in [2.75, 3.05) is 20.3 Å². The van der Waals surface area contributed by atoms with E-state index in [1.807, 2.05) is 0 Å². The van der Waals surface area contributed by atoms with Crippen molar-refractivity contribution in [1.82, 2.24) is 5.32 Å². The number of methoxy groups -OCH3 is 1. The van der Waals surface area contributed by atoms with Crippen molar-refractivity contribution in [2.24, 2.45) is 0 Å². The van der Waals surface area contributed by atoms with Crippen molar-refractivity contribution >= 4 is 6.09 Å². The van der Waals surface area contributed by atoms with Gasteiger partial charge in [0.2, 0.25) is 0 Å². The highest BCUT2D eigenvalue weighted by atomic mass is 19.1. The van der Waals surface area contributed by atoms with E-state index >= 15 is 0 Å². The van der Waals surface area contributed by atoms with Gasteiger partial charge in [0.15, 0.2) is 11.6 Å². The fourth-order valence-corrected chi connectivity index (χ4v) is 1.16. The highest BCUT2D eigenvalue weighted by Gasteiger charge is 2.05. The Morgan fingerprint density at radius 2 is 2.29 bits per heavy atom. The van der Waals surface area contributed by atoms with Gasteiger partial charge in [-0.05, 0) is 17.7 Å². The van der Waals surface area contributed by atoms with Crippen LogP contribution in [0.3, 0.4) is 0 Å². The van der Waals surface area contributed by atoms with Gasteiger partial charge in [0, 0.05) is 6.54 Å². The Labute approximate surface area is 98.2 Å². The lowest BCUT2D eigenvalue weighted by Gasteiger charge is -2.07. The first-order valence-corrected chi connectivity index (χ1v) is 5.01. The molecule has 17 heavy (non-hydrogen) atoms. The van der Waals surface area contributed by atoms with Gasteiger partial charge in [-0.15, -0.1) is 0 Å². The molecule has 1 amide bonds. The van der Waals surface area contributed by atoms with Crippen LogP contribution < -0.4 is 10.1 Å². The summed E-state index contributed by atoms with van der Waals surface area (Å²) in [6.07, 6.45) is -0.657. The number of hydrogen-bond acceptors (Lipinski definition) is 4. The maximum atomic E-state index is 13.3. The van der Waals surface area contributed by atoms with E-state index in [0.717, 1.165) is 0 Å². The summed E-state index contributed by atoms with van der Waals surface area (Å²) in [6.45, 7) is -0.0831. The zero-order valence-corrected chi connectivity index (χ0v) is 9.40. The first kappa shape index (κ1) is 13.2. The Bertz CT molecular complexity index is 384. The number of aliphatic hydroxyl groups excluding tert-OH is 1. The summed E-state index contributed by atoms with van der Waals surface area (Å²) in [6, 6.07) is 4.29. The molecule has 0 atom stereocenters. The molecule has 0 radical (unpaired) electrons. The number of amides is 1. The smallest absolute Gasteiger partial charge is 0.407 e. The van der Waals surface area contributed by atoms with Gasteiger partial charge in [0.25, 0.3) is 0 Å². The highest BCUT2D eigenvalue weighted by Crippen LogP contribution is 2.17. The molecule has 0 aliphatic rings. The molecule has 0 saturated carbocycles. The van der Waals surface area contributed by atoms with Crippen LogP contribution in [0.2, 0.25) is 0 Å². The van der Waals surface area contributed by atoms with E-state index in [-0.39, 0.29) is 25.5 Å². The molecule has 2 N–H and O–H groups in total. The summed E-state index contributed by atoms with van der Waals surface area (Å²) in [5.41, 5.74) is 0.516. The minimum atomic E-state index is -0.657. The fraction of sp³-hybridized carbons (Fsp3) is 0.364. The van der Waals surface area contributed by atoms with E-state index in [4.69, 9.17) is 14.6 Å². The normalized spacial score (nSPS) is 9.82. The molecule has 0 aliphatic heterocycles. The first-order chi connectivity index (χ1) is 8.17. The Kier molecular flexibility index (Phi) is 5.22. The SMILES string of the molecule is COc1ccc(COC(=O)NCCO)cc1F. The lowest BCUT2D eigenvalue weighted by Crippen LogP contribution is -2.26. The standard InChI is InChI=1S/C11H14FNO4/c1-16-10-3-2-8(6-9(10)12)7-17-11(15)13-4-5-14/h2-3,6,14H,4-5,7H2,1H3,(H,13,15). The van der Waals surface area contributed by atoms with Crippen LogP contribution in [0.4, 0.5) is 9.18 Å². The van der Waals surface area contributed by atoms with Crippen LogP contribution in [0, 0.1) is 5.82 Å². The number of rotatable bonds is 5. The molecule has 1 aromatic rings. The molecule has 0 saturated heterocycles. The number of halogens is 1. The summed E-state index contributed by atoms with van der Waals surface area (Å²) in [4.78, 5) is 11.0. The summed E-state index contributed by atoms with van der Waals surface area (Å²) < 4.78 is 22.8. The predicted molar refractivity (Wildman–Crippen MR) is 58.2 cm³/mol. The van der Waals surface area contributed by atoms with Crippen LogP contribution in [0.15, 0.2) is 18.2 Å². The number of carbonyl (C=O) groups excluding carboxylic acids is 1. The molecule has 94 valence electrons. The molecule has 6 heteroatoms. The number of nitrogens with one attached hydrogen (secondary N) is 1. The van der Waals surface area contributed by atoms with Gasteiger partial charge in [-0.1, -0.05) is 6.07 Å². The molecule has 0 aliphatic carbocycles. The molecular weight excluding hydrogens is 229 g/mol. The van der Waals surface area contributed by atoms with Crippen molar-refractivity contribution in [1.29, 1.82) is 0 Å². The number of carbonyl (C=O) groups is 1. The van der Waals surface area contributed by atoms with E-state index in [0.29, 0.717) is 5.56 Å². The van der Waals surface area contributed by atoms with Gasteiger partial charge in [0.05, 0.1) is 13.7 Å². The second kappa shape index (κ2) is 6.70. The predicted octanol–water partition coefficient (Wildman–Crippen LogP) is 1.05. The fourth-order valence-electron chi connectivity index (χ4n) is 1.16. The highest BCUT2D eigenvalue weighted by molar-refractivity contribution is 5.67. The van der Waals surface area contributed by atoms with Crippen molar-refractivity contribution in [2.45, 2.75) is 6.61 Å². The van der Waals surface area contributed by atoms with Crippen molar-refractivity contribution in [3.63, 3.8) is 0 Å². The van der Waals surface area contributed by atoms with E-state index in [2.05, 4.69) is 5.32 Å². The summed E-state index contributed by atoms with van der Waals surface area (Å²) >= 11 is 0. The third-order valence-electron chi connectivity index (χ3n) is 1.97. The topological polar surface area (TPSA) is 67.8 Å². The number of aliphatic hydroxyl groups is 1. The van der Waals surface area contributed by atoms with Crippen LogP contribution in [-0.4, -0.2) is 31.5 Å². The number of hydrogen-bond donors (Lipinski definition) is 2. The largest absolute Gasteiger partial charge is 0.494 e. The lowest BCUT2D eigenvalue weighted by molar-refractivity contribution is 0.137. The summed E-state index contributed by atoms with van der Waals surface area (Å²) in [5, 5.41) is 10.8. The number of benzene rings is 1. The average molecular weight is 243 g/mol. The molecule has 5 nitrogen and oxygen atoms in total. The maximum absolute atomic E-state index is 13.3. The second-order valence-corrected chi connectivity index (χ2v) is 3.20. The molecule has 1 aromatic carbocycles. The van der Waals surface area contributed by atoms with Crippen molar-refractivity contribution in [3.05, 3.63) is 29.6 Å². The Hall–Kier alpha value is -1.82. The summed E-state index contributed by atoms with van der Waals surface area (Å²) in [7, 11) is 1.37. The van der Waals surface area contributed by atoms with E-state index < -0.39 is 11.9 Å². The average Bonchev–Trinajstić information content (AvgIpc) is 2.34. The molecule has 0 aromatic heterocycles. The molecule has 0 fully saturated rings. The van der Waals surface area contributed by atoms with Gasteiger partial charge < -0.3 is 19.9 Å². The third kappa shape index (κ3) is 4.28. The van der Waals surface area contributed by atoms with Crippen LogP contribution in [-0.2, 0) is 11.3 Å². The third-order valence-corrected chi connectivity index (χ3v) is 1.97. The van der Waals surface area contributed by atoms with Gasteiger partial charge >= 0.3 is 6.09 Å². The van der Waals surface area contributed by atoms with Gasteiger partial charge in [-0.2, -0.15) is 0 Å². The van der Waals surface area contributed by atoms with Crippen molar-refractivity contribution < 1.29 is 23.8 Å². The van der Waals surface area contributed by atoms with Gasteiger partial charge in [-0.3, -0.25) is 0 Å². The quantitative estimate of drug-likeness (QED) is 0.811. The molecule has 0 spiro atoms. The van der Waals surface area contributed by atoms with E-state index in [9.17, 15) is 9.18 Å². The van der Waals surface area contributed by atoms with Crippen LogP contribution >= 0.6 is 0 Å². The zero-order valence-electron chi connectivity index (χ0n) is 9.40. The monoisotopic (exact) mass is 243 g/mol. The molecular formula is C11H14FNO4. The van der Waals surface area contributed by atoms with Gasteiger partial charge in [-0.25, -0.2) is 9.18 Å². The molecule has 0 heterocycles. The molecule has 0 unspecified atom stereocenters. The second-order valence-electron chi connectivity index (χ2n) is 3.20. The molecule has 0 bridgehead atoms. The minimum Gasteiger partial charge on any atom is -0.494 e.